The molecule has 0 amide bonds. The molecule has 0 aromatic carbocycles. The fourth-order valence-corrected chi connectivity index (χ4v) is 4.78. The summed E-state index contributed by atoms with van der Waals surface area (Å²) < 4.78 is 23.2. The van der Waals surface area contributed by atoms with E-state index in [2.05, 4.69) is 5.32 Å². The first-order chi connectivity index (χ1) is 8.96. The van der Waals surface area contributed by atoms with E-state index in [1.54, 1.807) is 0 Å². The fraction of sp³-hybridized carbons (Fsp3) is 0.583. The highest BCUT2D eigenvalue weighted by atomic mass is 32.2. The molecular formula is C12H17NO4S2. The molecule has 0 aliphatic carbocycles. The van der Waals surface area contributed by atoms with Gasteiger partial charge in [-0.25, -0.2) is 8.42 Å². The molecule has 0 saturated carbocycles. The van der Waals surface area contributed by atoms with Gasteiger partial charge in [-0.1, -0.05) is 6.07 Å². The number of aliphatic carboxylic acids is 1. The Hall–Kier alpha value is -0.920. The van der Waals surface area contributed by atoms with Gasteiger partial charge in [0.25, 0.3) is 0 Å². The number of nitrogens with one attached hydrogen (secondary N) is 1. The largest absolute Gasteiger partial charge is 0.481 e. The van der Waals surface area contributed by atoms with Crippen molar-refractivity contribution in [3.63, 3.8) is 0 Å². The van der Waals surface area contributed by atoms with Crippen molar-refractivity contribution in [2.45, 2.75) is 31.3 Å². The van der Waals surface area contributed by atoms with Crippen LogP contribution in [0.4, 0.5) is 0 Å². The van der Waals surface area contributed by atoms with Crippen LogP contribution in [-0.2, 0) is 14.6 Å². The minimum Gasteiger partial charge on any atom is -0.481 e. The minimum absolute atomic E-state index is 0.0307. The number of carboxylic acid groups (broad SMARTS) is 1. The maximum absolute atomic E-state index is 11.6. The predicted octanol–water partition coefficient (Wildman–Crippen LogP) is 1.43. The lowest BCUT2D eigenvalue weighted by atomic mass is 10.1. The maximum atomic E-state index is 11.6. The van der Waals surface area contributed by atoms with Gasteiger partial charge in [-0.2, -0.15) is 0 Å². The number of carboxylic acids is 1. The molecular weight excluding hydrogens is 286 g/mol. The number of hydrogen-bond acceptors (Lipinski definition) is 5. The maximum Gasteiger partial charge on any atom is 0.305 e. The van der Waals surface area contributed by atoms with Gasteiger partial charge in [0.2, 0.25) is 0 Å². The summed E-state index contributed by atoms with van der Waals surface area (Å²) in [5, 5.41) is 14.0. The zero-order chi connectivity index (χ0) is 13.9. The third-order valence-electron chi connectivity index (χ3n) is 3.17. The first-order valence-electron chi connectivity index (χ1n) is 6.18. The van der Waals surface area contributed by atoms with Crippen LogP contribution in [0.1, 0.15) is 30.2 Å². The number of carbonyl (C=O) groups is 1. The summed E-state index contributed by atoms with van der Waals surface area (Å²) in [6.07, 6.45) is 1.39. The summed E-state index contributed by atoms with van der Waals surface area (Å²) >= 11 is 1.49. The lowest BCUT2D eigenvalue weighted by molar-refractivity contribution is -0.137. The molecule has 19 heavy (non-hydrogen) atoms. The Kier molecular flexibility index (Phi) is 4.59. The molecule has 7 heteroatoms. The van der Waals surface area contributed by atoms with E-state index in [-0.39, 0.29) is 30.0 Å². The van der Waals surface area contributed by atoms with E-state index in [9.17, 15) is 13.2 Å². The van der Waals surface area contributed by atoms with Gasteiger partial charge < -0.3 is 10.4 Å². The second-order valence-corrected chi connectivity index (χ2v) is 7.99. The molecule has 2 N–H and O–H groups in total. The quantitative estimate of drug-likeness (QED) is 0.860. The second kappa shape index (κ2) is 6.02. The zero-order valence-electron chi connectivity index (χ0n) is 10.4. The van der Waals surface area contributed by atoms with Crippen molar-refractivity contribution >= 4 is 27.1 Å². The molecule has 0 spiro atoms. The smallest absolute Gasteiger partial charge is 0.305 e. The van der Waals surface area contributed by atoms with Crippen LogP contribution in [0.3, 0.4) is 0 Å². The summed E-state index contributed by atoms with van der Waals surface area (Å²) in [4.78, 5) is 11.9. The summed E-state index contributed by atoms with van der Waals surface area (Å²) in [6.45, 7) is 0. The number of sulfone groups is 1. The van der Waals surface area contributed by atoms with Gasteiger partial charge in [-0.15, -0.1) is 11.3 Å². The van der Waals surface area contributed by atoms with Crippen LogP contribution < -0.4 is 5.32 Å². The van der Waals surface area contributed by atoms with Crippen LogP contribution in [0, 0.1) is 0 Å². The molecule has 2 rings (SSSR count). The van der Waals surface area contributed by atoms with Gasteiger partial charge in [-0.05, 0) is 24.3 Å². The molecule has 2 heterocycles. The van der Waals surface area contributed by atoms with Gasteiger partial charge in [-0.3, -0.25) is 4.79 Å². The van der Waals surface area contributed by atoms with Crippen LogP contribution in [0.2, 0.25) is 0 Å². The van der Waals surface area contributed by atoms with Crippen LogP contribution in [0.15, 0.2) is 17.5 Å². The number of thiophene rings is 1. The van der Waals surface area contributed by atoms with Crippen molar-refractivity contribution in [1.82, 2.24) is 5.32 Å². The molecule has 2 unspecified atom stereocenters. The van der Waals surface area contributed by atoms with E-state index in [1.165, 1.54) is 11.3 Å². The van der Waals surface area contributed by atoms with Crippen molar-refractivity contribution in [2.75, 3.05) is 11.5 Å². The third-order valence-corrected chi connectivity index (χ3v) is 5.97. The Balaban J connectivity index is 2.06. The average molecular weight is 303 g/mol. The fourth-order valence-electron chi connectivity index (χ4n) is 2.34. The molecule has 0 radical (unpaired) electrons. The van der Waals surface area contributed by atoms with E-state index < -0.39 is 15.8 Å². The molecule has 1 aliphatic rings. The zero-order valence-corrected chi connectivity index (χ0v) is 12.0. The summed E-state index contributed by atoms with van der Waals surface area (Å²) in [6, 6.07) is 3.29. The molecule has 0 bridgehead atoms. The highest BCUT2D eigenvalue weighted by Crippen LogP contribution is 2.24. The number of rotatable bonds is 5. The highest BCUT2D eigenvalue weighted by molar-refractivity contribution is 7.91. The van der Waals surface area contributed by atoms with E-state index in [0.29, 0.717) is 6.42 Å². The van der Waals surface area contributed by atoms with Crippen LogP contribution >= 0.6 is 11.3 Å². The molecule has 1 aliphatic heterocycles. The van der Waals surface area contributed by atoms with Gasteiger partial charge in [0.05, 0.1) is 24.0 Å². The van der Waals surface area contributed by atoms with Crippen molar-refractivity contribution in [2.24, 2.45) is 0 Å². The Morgan fingerprint density at radius 1 is 1.58 bits per heavy atom. The van der Waals surface area contributed by atoms with Gasteiger partial charge in [0.1, 0.15) is 0 Å². The Morgan fingerprint density at radius 2 is 2.37 bits per heavy atom. The second-order valence-electron chi connectivity index (χ2n) is 4.79. The van der Waals surface area contributed by atoms with Crippen molar-refractivity contribution in [1.29, 1.82) is 0 Å². The van der Waals surface area contributed by atoms with Gasteiger partial charge >= 0.3 is 5.97 Å². The lowest BCUT2D eigenvalue weighted by Crippen LogP contribution is -2.42. The molecule has 5 nitrogen and oxygen atoms in total. The Bertz CT molecular complexity index is 524. The summed E-state index contributed by atoms with van der Waals surface area (Å²) in [5.74, 6) is -0.535. The van der Waals surface area contributed by atoms with Gasteiger partial charge in [0, 0.05) is 10.9 Å². The van der Waals surface area contributed by atoms with Crippen molar-refractivity contribution in [3.05, 3.63) is 22.4 Å². The third kappa shape index (κ3) is 4.29. The lowest BCUT2D eigenvalue weighted by Gasteiger charge is -2.27. The Morgan fingerprint density at radius 3 is 2.95 bits per heavy atom. The summed E-state index contributed by atoms with van der Waals surface area (Å²) in [7, 11) is -2.98. The first kappa shape index (κ1) is 14.5. The number of hydrogen-bond donors (Lipinski definition) is 2. The molecule has 2 atom stereocenters. The van der Waals surface area contributed by atoms with E-state index in [0.717, 1.165) is 11.3 Å². The molecule has 1 aromatic rings. The highest BCUT2D eigenvalue weighted by Gasteiger charge is 2.28. The first-order valence-corrected chi connectivity index (χ1v) is 8.88. The van der Waals surface area contributed by atoms with E-state index in [1.807, 2.05) is 17.5 Å². The Labute approximate surface area is 116 Å². The van der Waals surface area contributed by atoms with Crippen LogP contribution in [-0.4, -0.2) is 37.0 Å². The SMILES string of the molecule is O=C(O)CC(NC1CCCS(=O)(=O)C1)c1cccs1. The van der Waals surface area contributed by atoms with Crippen LogP contribution in [0.5, 0.6) is 0 Å². The molecule has 106 valence electrons. The predicted molar refractivity (Wildman–Crippen MR) is 74.1 cm³/mol. The van der Waals surface area contributed by atoms with Crippen LogP contribution in [0.25, 0.3) is 0 Å². The molecule has 1 fully saturated rings. The molecule has 1 saturated heterocycles. The van der Waals surface area contributed by atoms with Gasteiger partial charge in [0.15, 0.2) is 9.84 Å². The van der Waals surface area contributed by atoms with E-state index >= 15 is 0 Å². The monoisotopic (exact) mass is 303 g/mol. The molecule has 1 aromatic heterocycles. The normalized spacial score (nSPS) is 23.9. The topological polar surface area (TPSA) is 83.5 Å². The standard InChI is InChI=1S/C12H17NO4S2/c14-12(15)7-10(11-4-1-5-18-11)13-9-3-2-6-19(16,17)8-9/h1,4-5,9-10,13H,2-3,6-8H2,(H,14,15). The van der Waals surface area contributed by atoms with Crippen molar-refractivity contribution in [3.8, 4) is 0 Å². The average Bonchev–Trinajstić information content (AvgIpc) is 2.79. The van der Waals surface area contributed by atoms with Crippen molar-refractivity contribution < 1.29 is 18.3 Å². The summed E-state index contributed by atoms with van der Waals surface area (Å²) in [5.41, 5.74) is 0. The van der Waals surface area contributed by atoms with E-state index in [4.69, 9.17) is 5.11 Å². The minimum atomic E-state index is -2.98.